The van der Waals surface area contributed by atoms with Gasteiger partial charge in [-0.05, 0) is 55.7 Å². The van der Waals surface area contributed by atoms with Crippen molar-refractivity contribution >= 4 is 11.7 Å². The number of anilines is 1. The number of nitrogens with zero attached hydrogens (tertiary/aromatic N) is 3. The quantitative estimate of drug-likeness (QED) is 0.702. The molecular formula is C22H22N4O4. The van der Waals surface area contributed by atoms with Gasteiger partial charge in [0.15, 0.2) is 11.5 Å². The van der Waals surface area contributed by atoms with Crippen LogP contribution >= 0.6 is 0 Å². The lowest BCUT2D eigenvalue weighted by Gasteiger charge is -2.31. The standard InChI is InChI=1S/C22H22N4O4/c1-14-4-2-6-17(10-14)23-22(27)26-9-3-5-16(12-26)21-25-24-20(30-21)15-7-8-18-19(11-15)29-13-28-18/h2,4,6-8,10-11,16H,3,5,9,12-13H2,1H3,(H,23,27)/t16-/m0/s1. The number of rotatable bonds is 3. The van der Waals surface area contributed by atoms with E-state index in [0.29, 0.717) is 36.4 Å². The zero-order chi connectivity index (χ0) is 20.5. The van der Waals surface area contributed by atoms with Gasteiger partial charge in [-0.3, -0.25) is 0 Å². The second kappa shape index (κ2) is 7.70. The predicted octanol–water partition coefficient (Wildman–Crippen LogP) is 4.19. The fraction of sp³-hybridized carbons (Fsp3) is 0.318. The first-order valence-electron chi connectivity index (χ1n) is 10.0. The second-order valence-corrected chi connectivity index (χ2v) is 7.60. The number of hydrogen-bond acceptors (Lipinski definition) is 6. The van der Waals surface area contributed by atoms with Crippen LogP contribution in [0.25, 0.3) is 11.5 Å². The molecule has 1 fully saturated rings. The average Bonchev–Trinajstić information content (AvgIpc) is 3.43. The number of piperidine rings is 1. The van der Waals surface area contributed by atoms with Crippen molar-refractivity contribution in [2.24, 2.45) is 0 Å². The largest absolute Gasteiger partial charge is 0.454 e. The first-order chi connectivity index (χ1) is 14.7. The van der Waals surface area contributed by atoms with Crippen molar-refractivity contribution in [1.82, 2.24) is 15.1 Å². The third-order valence-electron chi connectivity index (χ3n) is 5.39. The van der Waals surface area contributed by atoms with Crippen molar-refractivity contribution in [2.75, 3.05) is 25.2 Å². The van der Waals surface area contributed by atoms with Gasteiger partial charge >= 0.3 is 6.03 Å². The number of carbonyl (C=O) groups is 1. The van der Waals surface area contributed by atoms with Gasteiger partial charge in [-0.15, -0.1) is 10.2 Å². The van der Waals surface area contributed by atoms with Gasteiger partial charge in [0.1, 0.15) is 0 Å². The van der Waals surface area contributed by atoms with Crippen molar-refractivity contribution in [2.45, 2.75) is 25.7 Å². The Bertz CT molecular complexity index is 1080. The molecule has 1 N–H and O–H groups in total. The molecule has 0 saturated carbocycles. The van der Waals surface area contributed by atoms with Gasteiger partial charge in [0, 0.05) is 24.3 Å². The van der Waals surface area contributed by atoms with Crippen LogP contribution in [0.4, 0.5) is 10.5 Å². The molecule has 1 saturated heterocycles. The topological polar surface area (TPSA) is 89.7 Å². The maximum Gasteiger partial charge on any atom is 0.321 e. The molecule has 2 aromatic carbocycles. The van der Waals surface area contributed by atoms with E-state index in [-0.39, 0.29) is 18.7 Å². The molecule has 8 heteroatoms. The number of likely N-dealkylation sites (tertiary alicyclic amines) is 1. The van der Waals surface area contributed by atoms with Gasteiger partial charge < -0.3 is 24.1 Å². The van der Waals surface area contributed by atoms with Crippen LogP contribution < -0.4 is 14.8 Å². The Labute approximate surface area is 173 Å². The average molecular weight is 406 g/mol. The molecule has 3 heterocycles. The Morgan fingerprint density at radius 2 is 2.03 bits per heavy atom. The lowest BCUT2D eigenvalue weighted by molar-refractivity contribution is 0.174. The monoisotopic (exact) mass is 406 g/mol. The fourth-order valence-corrected chi connectivity index (χ4v) is 3.83. The summed E-state index contributed by atoms with van der Waals surface area (Å²) in [6.45, 7) is 3.47. The Balaban J connectivity index is 1.28. The Morgan fingerprint density at radius 1 is 1.13 bits per heavy atom. The van der Waals surface area contributed by atoms with Gasteiger partial charge in [0.05, 0.1) is 5.92 Å². The van der Waals surface area contributed by atoms with E-state index in [2.05, 4.69) is 15.5 Å². The van der Waals surface area contributed by atoms with Crippen molar-refractivity contribution in [3.05, 3.63) is 53.9 Å². The third-order valence-corrected chi connectivity index (χ3v) is 5.39. The minimum atomic E-state index is -0.110. The molecular weight excluding hydrogens is 384 g/mol. The van der Waals surface area contributed by atoms with Crippen LogP contribution in [0, 0.1) is 6.92 Å². The summed E-state index contributed by atoms with van der Waals surface area (Å²) in [5.41, 5.74) is 2.68. The normalized spacial score (nSPS) is 17.8. The van der Waals surface area contributed by atoms with Crippen molar-refractivity contribution < 1.29 is 18.7 Å². The summed E-state index contributed by atoms with van der Waals surface area (Å²) in [5, 5.41) is 11.4. The van der Waals surface area contributed by atoms with Crippen LogP contribution in [0.15, 0.2) is 46.9 Å². The maximum atomic E-state index is 12.7. The molecule has 0 spiro atoms. The minimum absolute atomic E-state index is 0.0114. The fourth-order valence-electron chi connectivity index (χ4n) is 3.83. The van der Waals surface area contributed by atoms with E-state index in [1.165, 1.54) is 0 Å². The zero-order valence-corrected chi connectivity index (χ0v) is 16.6. The molecule has 0 radical (unpaired) electrons. The molecule has 2 aliphatic rings. The highest BCUT2D eigenvalue weighted by atomic mass is 16.7. The van der Waals surface area contributed by atoms with E-state index in [0.717, 1.165) is 29.7 Å². The molecule has 5 rings (SSSR count). The number of hydrogen-bond donors (Lipinski definition) is 1. The molecule has 30 heavy (non-hydrogen) atoms. The number of nitrogens with one attached hydrogen (secondary N) is 1. The first kappa shape index (κ1) is 18.5. The van der Waals surface area contributed by atoms with Gasteiger partial charge in [-0.2, -0.15) is 0 Å². The SMILES string of the molecule is Cc1cccc(NC(=O)N2CCC[C@H](c3nnc(-c4ccc5c(c4)OCO5)o3)C2)c1. The summed E-state index contributed by atoms with van der Waals surface area (Å²) in [6.07, 6.45) is 1.78. The molecule has 154 valence electrons. The third kappa shape index (κ3) is 3.68. The number of fused-ring (bicyclic) bond motifs is 1. The molecule has 2 aliphatic heterocycles. The Kier molecular flexibility index (Phi) is 4.74. The highest BCUT2D eigenvalue weighted by Gasteiger charge is 2.29. The number of benzene rings is 2. The summed E-state index contributed by atoms with van der Waals surface area (Å²) in [4.78, 5) is 14.5. The summed E-state index contributed by atoms with van der Waals surface area (Å²) in [7, 11) is 0. The van der Waals surface area contributed by atoms with Gasteiger partial charge in [-0.1, -0.05) is 12.1 Å². The van der Waals surface area contributed by atoms with Crippen LogP contribution in [-0.4, -0.2) is 41.0 Å². The second-order valence-electron chi connectivity index (χ2n) is 7.60. The highest BCUT2D eigenvalue weighted by molar-refractivity contribution is 5.89. The van der Waals surface area contributed by atoms with E-state index >= 15 is 0 Å². The van der Waals surface area contributed by atoms with Crippen LogP contribution in [0.5, 0.6) is 11.5 Å². The molecule has 3 aromatic rings. The van der Waals surface area contributed by atoms with Crippen LogP contribution in [0.1, 0.15) is 30.2 Å². The van der Waals surface area contributed by atoms with E-state index < -0.39 is 0 Å². The molecule has 1 aromatic heterocycles. The van der Waals surface area contributed by atoms with Gasteiger partial charge in [0.25, 0.3) is 0 Å². The number of urea groups is 1. The number of amides is 2. The minimum Gasteiger partial charge on any atom is -0.454 e. The van der Waals surface area contributed by atoms with E-state index in [4.69, 9.17) is 13.9 Å². The van der Waals surface area contributed by atoms with E-state index in [1.807, 2.05) is 49.4 Å². The van der Waals surface area contributed by atoms with E-state index in [9.17, 15) is 4.79 Å². The Hall–Kier alpha value is -3.55. The highest BCUT2D eigenvalue weighted by Crippen LogP contribution is 2.36. The number of aromatic nitrogens is 2. The number of ether oxygens (including phenoxy) is 2. The molecule has 2 amide bonds. The maximum absolute atomic E-state index is 12.7. The summed E-state index contributed by atoms with van der Waals surface area (Å²) < 4.78 is 16.7. The van der Waals surface area contributed by atoms with Crippen molar-refractivity contribution in [1.29, 1.82) is 0 Å². The van der Waals surface area contributed by atoms with Crippen LogP contribution in [0.2, 0.25) is 0 Å². The summed E-state index contributed by atoms with van der Waals surface area (Å²) >= 11 is 0. The smallest absolute Gasteiger partial charge is 0.321 e. The number of carbonyl (C=O) groups excluding carboxylic acids is 1. The lowest BCUT2D eigenvalue weighted by atomic mass is 9.98. The van der Waals surface area contributed by atoms with Gasteiger partial charge in [0.2, 0.25) is 18.6 Å². The lowest BCUT2D eigenvalue weighted by Crippen LogP contribution is -2.41. The van der Waals surface area contributed by atoms with E-state index in [1.54, 1.807) is 4.90 Å². The summed E-state index contributed by atoms with van der Waals surface area (Å²) in [6, 6.07) is 13.2. The van der Waals surface area contributed by atoms with Gasteiger partial charge in [-0.25, -0.2) is 4.79 Å². The van der Waals surface area contributed by atoms with Crippen molar-refractivity contribution in [3.63, 3.8) is 0 Å². The van der Waals surface area contributed by atoms with Crippen LogP contribution in [-0.2, 0) is 0 Å². The first-order valence-corrected chi connectivity index (χ1v) is 10.0. The van der Waals surface area contributed by atoms with Crippen LogP contribution in [0.3, 0.4) is 0 Å². The van der Waals surface area contributed by atoms with Crippen molar-refractivity contribution in [3.8, 4) is 23.0 Å². The zero-order valence-electron chi connectivity index (χ0n) is 16.6. The molecule has 0 bridgehead atoms. The molecule has 0 aliphatic carbocycles. The molecule has 8 nitrogen and oxygen atoms in total. The summed E-state index contributed by atoms with van der Waals surface area (Å²) in [5.74, 6) is 2.38. The predicted molar refractivity (Wildman–Crippen MR) is 110 cm³/mol. The Morgan fingerprint density at radius 3 is 2.93 bits per heavy atom. The number of aryl methyl sites for hydroxylation is 1. The molecule has 0 unspecified atom stereocenters. The molecule has 1 atom stereocenters.